The van der Waals surface area contributed by atoms with Crippen molar-refractivity contribution in [1.29, 1.82) is 0 Å². The number of hydrogen-bond acceptors (Lipinski definition) is 5. The molecule has 0 fully saturated rings. The number of aryl methyl sites for hydroxylation is 1. The number of thiocarbonyl (C=S) groups is 1. The summed E-state index contributed by atoms with van der Waals surface area (Å²) in [6, 6.07) is 10.7. The molecule has 0 aliphatic rings. The van der Waals surface area contributed by atoms with Crippen LogP contribution in [0.3, 0.4) is 0 Å². The van der Waals surface area contributed by atoms with Crippen LogP contribution in [0, 0.1) is 6.92 Å². The number of rotatable bonds is 8. The summed E-state index contributed by atoms with van der Waals surface area (Å²) in [6.45, 7) is 4.29. The van der Waals surface area contributed by atoms with Gasteiger partial charge in [0.2, 0.25) is 0 Å². The minimum absolute atomic E-state index is 0.0608. The highest BCUT2D eigenvalue weighted by molar-refractivity contribution is 9.10. The zero-order valence-corrected chi connectivity index (χ0v) is 21.1. The summed E-state index contributed by atoms with van der Waals surface area (Å²) in [5.41, 5.74) is 6.26. The van der Waals surface area contributed by atoms with Gasteiger partial charge in [-0.25, -0.2) is 0 Å². The smallest absolute Gasteiger partial charge is 0.276 e. The average molecular weight is 573 g/mol. The molecule has 2 rings (SSSR count). The van der Waals surface area contributed by atoms with Gasteiger partial charge >= 0.3 is 0 Å². The Balaban J connectivity index is 1.84. The van der Waals surface area contributed by atoms with E-state index < -0.39 is 11.8 Å². The lowest BCUT2D eigenvalue weighted by atomic mass is 10.2. The molecular weight excluding hydrogens is 550 g/mol. The summed E-state index contributed by atoms with van der Waals surface area (Å²) in [5, 5.41) is 2.46. The van der Waals surface area contributed by atoms with E-state index in [1.165, 1.54) is 0 Å². The number of hydrazine groups is 1. The highest BCUT2D eigenvalue weighted by Crippen LogP contribution is 2.25. The minimum atomic E-state index is -0.463. The number of unbranched alkanes of at least 4 members (excludes halogenated alkanes) is 1. The lowest BCUT2D eigenvalue weighted by Gasteiger charge is -2.14. The van der Waals surface area contributed by atoms with Gasteiger partial charge in [0.1, 0.15) is 11.5 Å². The number of carbonyl (C=O) groups is 2. The van der Waals surface area contributed by atoms with Gasteiger partial charge in [-0.15, -0.1) is 0 Å². The molecule has 2 aromatic carbocycles. The molecule has 2 aromatic rings. The van der Waals surface area contributed by atoms with Crippen LogP contribution in [-0.2, 0) is 4.79 Å². The van der Waals surface area contributed by atoms with Gasteiger partial charge < -0.3 is 9.47 Å². The molecule has 0 bridgehead atoms. The summed E-state index contributed by atoms with van der Waals surface area (Å²) < 4.78 is 12.6. The van der Waals surface area contributed by atoms with Crippen molar-refractivity contribution in [2.45, 2.75) is 26.7 Å². The van der Waals surface area contributed by atoms with E-state index in [1.54, 1.807) is 24.3 Å². The average Bonchev–Trinajstić information content (AvgIpc) is 2.72. The van der Waals surface area contributed by atoms with E-state index in [4.69, 9.17) is 21.7 Å². The van der Waals surface area contributed by atoms with Crippen molar-refractivity contribution in [3.8, 4) is 11.5 Å². The SMILES string of the molecule is CCCCOc1ccc(Br)cc1C(=O)NC(=S)NNC(=O)COc1ccc(C)cc1Br. The largest absolute Gasteiger partial charge is 0.493 e. The Morgan fingerprint density at radius 2 is 1.77 bits per heavy atom. The van der Waals surface area contributed by atoms with Crippen LogP contribution < -0.4 is 25.6 Å². The highest BCUT2D eigenvalue weighted by Gasteiger charge is 2.15. The fourth-order valence-corrected chi connectivity index (χ4v) is 3.47. The van der Waals surface area contributed by atoms with Gasteiger partial charge in [0.15, 0.2) is 11.7 Å². The molecule has 0 spiro atoms. The van der Waals surface area contributed by atoms with Crippen LogP contribution in [0.4, 0.5) is 0 Å². The van der Waals surface area contributed by atoms with Gasteiger partial charge in [-0.3, -0.25) is 25.8 Å². The Labute approximate surface area is 203 Å². The Hall–Kier alpha value is -2.17. The highest BCUT2D eigenvalue weighted by atomic mass is 79.9. The van der Waals surface area contributed by atoms with E-state index in [-0.39, 0.29) is 11.7 Å². The third kappa shape index (κ3) is 8.47. The normalized spacial score (nSPS) is 10.2. The van der Waals surface area contributed by atoms with E-state index in [0.29, 0.717) is 23.7 Å². The molecule has 0 heterocycles. The zero-order chi connectivity index (χ0) is 22.8. The van der Waals surface area contributed by atoms with Gasteiger partial charge in [0.05, 0.1) is 16.6 Å². The first-order valence-electron chi connectivity index (χ1n) is 9.51. The molecule has 0 aromatic heterocycles. The first kappa shape index (κ1) is 25.1. The van der Waals surface area contributed by atoms with E-state index in [2.05, 4.69) is 55.0 Å². The molecule has 31 heavy (non-hydrogen) atoms. The molecule has 0 saturated carbocycles. The summed E-state index contributed by atoms with van der Waals surface area (Å²) in [4.78, 5) is 24.6. The molecule has 7 nitrogen and oxygen atoms in total. The minimum Gasteiger partial charge on any atom is -0.493 e. The number of carbonyl (C=O) groups excluding carboxylic acids is 2. The second-order valence-corrected chi connectivity index (χ2v) is 8.70. The van der Waals surface area contributed by atoms with Crippen LogP contribution in [0.25, 0.3) is 0 Å². The summed E-state index contributed by atoms with van der Waals surface area (Å²) in [6.07, 6.45) is 1.86. The standard InChI is InChI=1S/C21H23Br2N3O4S/c1-3-4-9-29-17-8-6-14(22)11-15(17)20(28)24-21(31)26-25-19(27)12-30-18-7-5-13(2)10-16(18)23/h5-8,10-11H,3-4,9,12H2,1-2H3,(H,25,27)(H2,24,26,28,31). The monoisotopic (exact) mass is 571 g/mol. The van der Waals surface area contributed by atoms with Crippen molar-refractivity contribution in [3.63, 3.8) is 0 Å². The van der Waals surface area contributed by atoms with Crippen molar-refractivity contribution in [1.82, 2.24) is 16.2 Å². The van der Waals surface area contributed by atoms with Crippen molar-refractivity contribution >= 4 is 61.0 Å². The summed E-state index contributed by atoms with van der Waals surface area (Å²) in [5.74, 6) is 0.0782. The quantitative estimate of drug-likeness (QED) is 0.247. The maximum atomic E-state index is 12.6. The first-order chi connectivity index (χ1) is 14.8. The molecular formula is C21H23Br2N3O4S. The molecule has 0 atom stereocenters. The van der Waals surface area contributed by atoms with E-state index in [9.17, 15) is 9.59 Å². The van der Waals surface area contributed by atoms with E-state index >= 15 is 0 Å². The molecule has 0 aliphatic heterocycles. The first-order valence-corrected chi connectivity index (χ1v) is 11.5. The predicted octanol–water partition coefficient (Wildman–Crippen LogP) is 4.41. The number of halogens is 2. The lowest BCUT2D eigenvalue weighted by molar-refractivity contribution is -0.123. The summed E-state index contributed by atoms with van der Waals surface area (Å²) >= 11 is 11.8. The van der Waals surface area contributed by atoms with Crippen molar-refractivity contribution < 1.29 is 19.1 Å². The second kappa shape index (κ2) is 12.6. The number of amides is 2. The maximum absolute atomic E-state index is 12.6. The van der Waals surface area contributed by atoms with Gasteiger partial charge in [-0.2, -0.15) is 0 Å². The Kier molecular flexibility index (Phi) is 10.2. The zero-order valence-electron chi connectivity index (χ0n) is 17.1. The molecule has 10 heteroatoms. The Bertz CT molecular complexity index is 956. The molecule has 166 valence electrons. The van der Waals surface area contributed by atoms with Crippen molar-refractivity contribution in [2.24, 2.45) is 0 Å². The van der Waals surface area contributed by atoms with Crippen LogP contribution in [0.5, 0.6) is 11.5 Å². The molecule has 3 N–H and O–H groups in total. The van der Waals surface area contributed by atoms with Crippen LogP contribution in [0.15, 0.2) is 45.3 Å². The fraction of sp³-hybridized carbons (Fsp3) is 0.286. The van der Waals surface area contributed by atoms with E-state index in [0.717, 1.165) is 27.4 Å². The van der Waals surface area contributed by atoms with Gasteiger partial charge in [-0.1, -0.05) is 35.3 Å². The van der Waals surface area contributed by atoms with Crippen molar-refractivity contribution in [3.05, 3.63) is 56.5 Å². The number of benzene rings is 2. The van der Waals surface area contributed by atoms with Gasteiger partial charge in [0, 0.05) is 4.47 Å². The third-order valence-corrected chi connectivity index (χ3v) is 5.25. The topological polar surface area (TPSA) is 88.7 Å². The number of nitrogens with one attached hydrogen (secondary N) is 3. The lowest BCUT2D eigenvalue weighted by Crippen LogP contribution is -2.49. The molecule has 0 unspecified atom stereocenters. The second-order valence-electron chi connectivity index (χ2n) is 6.52. The van der Waals surface area contributed by atoms with Crippen LogP contribution >= 0.6 is 44.1 Å². The summed E-state index contributed by atoms with van der Waals surface area (Å²) in [7, 11) is 0. The third-order valence-electron chi connectivity index (χ3n) is 3.93. The number of hydrogen-bond donors (Lipinski definition) is 3. The molecule has 0 aliphatic carbocycles. The molecule has 2 amide bonds. The van der Waals surface area contributed by atoms with Gasteiger partial charge in [-0.05, 0) is 77.4 Å². The Morgan fingerprint density at radius 3 is 2.48 bits per heavy atom. The maximum Gasteiger partial charge on any atom is 0.276 e. The molecule has 0 saturated heterocycles. The predicted molar refractivity (Wildman–Crippen MR) is 130 cm³/mol. The number of ether oxygens (including phenoxy) is 2. The van der Waals surface area contributed by atoms with Crippen LogP contribution in [-0.4, -0.2) is 30.1 Å². The Morgan fingerprint density at radius 1 is 1.03 bits per heavy atom. The van der Waals surface area contributed by atoms with Crippen molar-refractivity contribution in [2.75, 3.05) is 13.2 Å². The fourth-order valence-electron chi connectivity index (χ4n) is 2.36. The van der Waals surface area contributed by atoms with E-state index in [1.807, 2.05) is 19.1 Å². The van der Waals surface area contributed by atoms with Crippen LogP contribution in [0.1, 0.15) is 35.7 Å². The molecule has 0 radical (unpaired) electrons. The van der Waals surface area contributed by atoms with Gasteiger partial charge in [0.25, 0.3) is 11.8 Å². The van der Waals surface area contributed by atoms with Crippen LogP contribution in [0.2, 0.25) is 0 Å².